The van der Waals surface area contributed by atoms with E-state index in [1.54, 1.807) is 7.05 Å². The number of methoxy groups -OCH3 is 1. The van der Waals surface area contributed by atoms with Crippen LogP contribution in [-0.2, 0) is 14.3 Å². The summed E-state index contributed by atoms with van der Waals surface area (Å²) >= 11 is 0. The van der Waals surface area contributed by atoms with Crippen LogP contribution in [0.3, 0.4) is 0 Å². The van der Waals surface area contributed by atoms with Crippen LogP contribution >= 0.6 is 0 Å². The molecule has 0 heterocycles. The van der Waals surface area contributed by atoms with Crippen LogP contribution in [0.25, 0.3) is 0 Å². The minimum atomic E-state index is -1.16. The average Bonchev–Trinajstić information content (AvgIpc) is 2.42. The maximum absolute atomic E-state index is 11.8. The topological polar surface area (TPSA) is 95.9 Å². The van der Waals surface area contributed by atoms with Gasteiger partial charge in [0.15, 0.2) is 0 Å². The highest BCUT2D eigenvalue weighted by atomic mass is 16.5. The smallest absolute Gasteiger partial charge is 0.326 e. The molecule has 7 heteroatoms. The van der Waals surface area contributed by atoms with E-state index in [0.29, 0.717) is 6.54 Å². The molecular weight excluding hydrogens is 264 g/mol. The van der Waals surface area contributed by atoms with E-state index in [2.05, 4.69) is 17.0 Å². The minimum absolute atomic E-state index is 0.0105. The number of rotatable bonds is 9. The normalized spacial score (nSPS) is 11.6. The van der Waals surface area contributed by atoms with Gasteiger partial charge in [0, 0.05) is 20.0 Å². The van der Waals surface area contributed by atoms with E-state index >= 15 is 0 Å². The number of urea groups is 1. The number of nitrogens with zero attached hydrogens (tertiary/aromatic N) is 1. The van der Waals surface area contributed by atoms with Crippen LogP contribution < -0.4 is 5.32 Å². The van der Waals surface area contributed by atoms with E-state index in [0.717, 1.165) is 19.3 Å². The number of ether oxygens (including phenoxy) is 1. The number of carbonyl (C=O) groups is 3. The van der Waals surface area contributed by atoms with E-state index < -0.39 is 24.0 Å². The number of amides is 2. The van der Waals surface area contributed by atoms with Crippen molar-refractivity contribution in [3.05, 3.63) is 0 Å². The molecule has 0 aromatic rings. The van der Waals surface area contributed by atoms with Gasteiger partial charge in [-0.1, -0.05) is 19.8 Å². The van der Waals surface area contributed by atoms with Crippen LogP contribution in [0, 0.1) is 0 Å². The van der Waals surface area contributed by atoms with Crippen molar-refractivity contribution in [2.75, 3.05) is 20.7 Å². The Hall–Kier alpha value is -1.79. The second-order valence-electron chi connectivity index (χ2n) is 4.58. The van der Waals surface area contributed by atoms with Gasteiger partial charge in [0.1, 0.15) is 6.04 Å². The number of aliphatic carboxylic acids is 1. The van der Waals surface area contributed by atoms with E-state index in [-0.39, 0.29) is 12.8 Å². The molecule has 1 atom stereocenters. The summed E-state index contributed by atoms with van der Waals surface area (Å²) in [7, 11) is 2.85. The zero-order valence-corrected chi connectivity index (χ0v) is 12.3. The lowest BCUT2D eigenvalue weighted by Crippen LogP contribution is -2.47. The SMILES string of the molecule is CCCCCN(C)C(=O)N[C@H](CCC(=O)OC)C(=O)O. The Labute approximate surface area is 119 Å². The van der Waals surface area contributed by atoms with Crippen molar-refractivity contribution in [1.29, 1.82) is 0 Å². The lowest BCUT2D eigenvalue weighted by atomic mass is 10.1. The predicted octanol–water partition coefficient (Wildman–Crippen LogP) is 1.22. The maximum Gasteiger partial charge on any atom is 0.326 e. The van der Waals surface area contributed by atoms with Gasteiger partial charge in [-0.2, -0.15) is 0 Å². The fourth-order valence-corrected chi connectivity index (χ4v) is 1.58. The first-order valence-corrected chi connectivity index (χ1v) is 6.73. The third-order valence-electron chi connectivity index (χ3n) is 2.90. The second-order valence-corrected chi connectivity index (χ2v) is 4.58. The first-order chi connectivity index (χ1) is 9.42. The molecule has 20 heavy (non-hydrogen) atoms. The molecule has 0 aliphatic heterocycles. The second kappa shape index (κ2) is 10.1. The molecule has 0 fully saturated rings. The van der Waals surface area contributed by atoms with Gasteiger partial charge in [0.2, 0.25) is 0 Å². The molecule has 0 rings (SSSR count). The third kappa shape index (κ3) is 7.60. The van der Waals surface area contributed by atoms with Crippen LogP contribution in [0.5, 0.6) is 0 Å². The Bertz CT molecular complexity index is 333. The molecule has 0 saturated carbocycles. The summed E-state index contributed by atoms with van der Waals surface area (Å²) < 4.78 is 4.44. The fourth-order valence-electron chi connectivity index (χ4n) is 1.58. The van der Waals surface area contributed by atoms with Gasteiger partial charge in [-0.3, -0.25) is 4.79 Å². The largest absolute Gasteiger partial charge is 0.480 e. The predicted molar refractivity (Wildman–Crippen MR) is 73.4 cm³/mol. The molecule has 0 spiro atoms. The quantitative estimate of drug-likeness (QED) is 0.491. The Balaban J connectivity index is 4.25. The van der Waals surface area contributed by atoms with Crippen molar-refractivity contribution in [1.82, 2.24) is 10.2 Å². The highest BCUT2D eigenvalue weighted by Gasteiger charge is 2.22. The van der Waals surface area contributed by atoms with Crippen LogP contribution in [0.4, 0.5) is 4.79 Å². The van der Waals surface area contributed by atoms with Crippen molar-refractivity contribution in [2.24, 2.45) is 0 Å². The van der Waals surface area contributed by atoms with E-state index in [9.17, 15) is 14.4 Å². The van der Waals surface area contributed by atoms with Crippen molar-refractivity contribution in [2.45, 2.75) is 45.1 Å². The molecule has 0 aliphatic carbocycles. The Kier molecular flexibility index (Phi) is 9.15. The van der Waals surface area contributed by atoms with Crippen LogP contribution in [-0.4, -0.2) is 54.7 Å². The Morgan fingerprint density at radius 2 is 1.95 bits per heavy atom. The number of hydrogen-bond acceptors (Lipinski definition) is 4. The van der Waals surface area contributed by atoms with E-state index in [1.165, 1.54) is 12.0 Å². The van der Waals surface area contributed by atoms with E-state index in [1.807, 2.05) is 0 Å². The van der Waals surface area contributed by atoms with E-state index in [4.69, 9.17) is 5.11 Å². The van der Waals surface area contributed by atoms with Crippen LogP contribution in [0.2, 0.25) is 0 Å². The van der Waals surface area contributed by atoms with Gasteiger partial charge in [-0.25, -0.2) is 9.59 Å². The average molecular weight is 288 g/mol. The molecule has 0 radical (unpaired) electrons. The molecule has 0 saturated heterocycles. The molecule has 0 aromatic carbocycles. The first-order valence-electron chi connectivity index (χ1n) is 6.73. The van der Waals surface area contributed by atoms with Crippen molar-refractivity contribution in [3.63, 3.8) is 0 Å². The molecule has 116 valence electrons. The summed E-state index contributed by atoms with van der Waals surface area (Å²) in [6.07, 6.45) is 2.90. The summed E-state index contributed by atoms with van der Waals surface area (Å²) in [5.74, 6) is -1.66. The zero-order chi connectivity index (χ0) is 15.5. The van der Waals surface area contributed by atoms with Gasteiger partial charge < -0.3 is 20.1 Å². The fraction of sp³-hybridized carbons (Fsp3) is 0.769. The van der Waals surface area contributed by atoms with Crippen LogP contribution in [0.15, 0.2) is 0 Å². The van der Waals surface area contributed by atoms with Crippen molar-refractivity contribution < 1.29 is 24.2 Å². The molecule has 0 bridgehead atoms. The molecule has 7 nitrogen and oxygen atoms in total. The van der Waals surface area contributed by atoms with Crippen LogP contribution in [0.1, 0.15) is 39.0 Å². The molecule has 0 unspecified atom stereocenters. The monoisotopic (exact) mass is 288 g/mol. The number of carboxylic acid groups (broad SMARTS) is 1. The minimum Gasteiger partial charge on any atom is -0.480 e. The standard InChI is InChI=1S/C13H24N2O5/c1-4-5-6-9-15(2)13(19)14-10(12(17)18)7-8-11(16)20-3/h10H,4-9H2,1-3H3,(H,14,19)(H,17,18)/t10-/m1/s1. The molecular formula is C13H24N2O5. The van der Waals surface area contributed by atoms with Gasteiger partial charge in [0.05, 0.1) is 7.11 Å². The highest BCUT2D eigenvalue weighted by molar-refractivity contribution is 5.83. The Morgan fingerprint density at radius 3 is 2.45 bits per heavy atom. The maximum atomic E-state index is 11.8. The number of carbonyl (C=O) groups excluding carboxylic acids is 2. The Morgan fingerprint density at radius 1 is 1.30 bits per heavy atom. The molecule has 2 N–H and O–H groups in total. The third-order valence-corrected chi connectivity index (χ3v) is 2.90. The van der Waals surface area contributed by atoms with Gasteiger partial charge in [-0.15, -0.1) is 0 Å². The molecule has 0 aliphatic rings. The summed E-state index contributed by atoms with van der Waals surface area (Å²) in [4.78, 5) is 35.3. The summed E-state index contributed by atoms with van der Waals surface area (Å²) in [6, 6.07) is -1.53. The van der Waals surface area contributed by atoms with Gasteiger partial charge >= 0.3 is 18.0 Å². The van der Waals surface area contributed by atoms with Crippen molar-refractivity contribution >= 4 is 18.0 Å². The molecule has 2 amide bonds. The summed E-state index contributed by atoms with van der Waals surface area (Å²) in [5.41, 5.74) is 0. The number of esters is 1. The first kappa shape index (κ1) is 18.2. The molecule has 0 aromatic heterocycles. The summed E-state index contributed by atoms with van der Waals surface area (Å²) in [5, 5.41) is 11.4. The lowest BCUT2D eigenvalue weighted by Gasteiger charge is -2.21. The lowest BCUT2D eigenvalue weighted by molar-refractivity contribution is -0.142. The van der Waals surface area contributed by atoms with Gasteiger partial charge in [0.25, 0.3) is 0 Å². The highest BCUT2D eigenvalue weighted by Crippen LogP contribution is 2.02. The number of hydrogen-bond donors (Lipinski definition) is 2. The van der Waals surface area contributed by atoms with Crippen molar-refractivity contribution in [3.8, 4) is 0 Å². The number of nitrogens with one attached hydrogen (secondary N) is 1. The zero-order valence-electron chi connectivity index (χ0n) is 12.3. The number of carboxylic acids is 1. The number of unbranched alkanes of at least 4 members (excludes halogenated alkanes) is 2. The van der Waals surface area contributed by atoms with Gasteiger partial charge in [-0.05, 0) is 12.8 Å². The summed E-state index contributed by atoms with van der Waals surface area (Å²) in [6.45, 7) is 2.64.